The van der Waals surface area contributed by atoms with E-state index in [-0.39, 0.29) is 11.3 Å². The zero-order valence-electron chi connectivity index (χ0n) is 17.6. The summed E-state index contributed by atoms with van der Waals surface area (Å²) in [7, 11) is 0. The highest BCUT2D eigenvalue weighted by atomic mass is 35.5. The Morgan fingerprint density at radius 2 is 1.74 bits per heavy atom. The van der Waals surface area contributed by atoms with Gasteiger partial charge in [-0.2, -0.15) is 0 Å². The number of hydrogen-bond acceptors (Lipinski definition) is 4. The van der Waals surface area contributed by atoms with Crippen LogP contribution >= 0.6 is 11.6 Å². The van der Waals surface area contributed by atoms with Crippen molar-refractivity contribution in [2.45, 2.75) is 24.8 Å². The fourth-order valence-electron chi connectivity index (χ4n) is 4.46. The Labute approximate surface area is 187 Å². The first-order chi connectivity index (χ1) is 15.1. The number of nitrogens with zero attached hydrogens (tertiary/aromatic N) is 4. The van der Waals surface area contributed by atoms with Gasteiger partial charge in [-0.1, -0.05) is 41.9 Å². The van der Waals surface area contributed by atoms with Gasteiger partial charge in [-0.3, -0.25) is 14.6 Å². The number of halogens is 1. The number of nitrogens with one attached hydrogen (secondary N) is 1. The van der Waals surface area contributed by atoms with Gasteiger partial charge >= 0.3 is 0 Å². The van der Waals surface area contributed by atoms with Crippen LogP contribution in [0.15, 0.2) is 54.9 Å². The number of carbonyl (C=O) groups excluding carboxylic acids is 1. The summed E-state index contributed by atoms with van der Waals surface area (Å²) in [6.07, 6.45) is 6.24. The maximum atomic E-state index is 12.5. The molecule has 0 spiro atoms. The average molecular weight is 438 g/mol. The predicted molar refractivity (Wildman–Crippen MR) is 122 cm³/mol. The van der Waals surface area contributed by atoms with Gasteiger partial charge in [0.05, 0.1) is 17.3 Å². The summed E-state index contributed by atoms with van der Waals surface area (Å²) in [5.41, 5.74) is 3.47. The molecule has 5 rings (SSSR count). The van der Waals surface area contributed by atoms with Gasteiger partial charge in [-0.05, 0) is 30.5 Å². The highest BCUT2D eigenvalue weighted by Gasteiger charge is 2.44. The smallest absolute Gasteiger partial charge is 0.234 e. The molecule has 7 heteroatoms. The quantitative estimate of drug-likeness (QED) is 0.617. The maximum absolute atomic E-state index is 12.5. The monoisotopic (exact) mass is 437 g/mol. The molecule has 0 radical (unpaired) electrons. The maximum Gasteiger partial charge on any atom is 0.234 e. The Balaban J connectivity index is 1.07. The highest BCUT2D eigenvalue weighted by Crippen LogP contribution is 2.47. The summed E-state index contributed by atoms with van der Waals surface area (Å²) in [6.45, 7) is 5.72. The number of hydrogen-bond donors (Lipinski definition) is 1. The number of fused-ring (bicyclic) bond motifs is 1. The molecule has 3 heterocycles. The molecular formula is C24H28ClN5O. The van der Waals surface area contributed by atoms with Crippen LogP contribution in [0.3, 0.4) is 0 Å². The van der Waals surface area contributed by atoms with Crippen LogP contribution in [0.4, 0.5) is 0 Å². The summed E-state index contributed by atoms with van der Waals surface area (Å²) >= 11 is 6.06. The highest BCUT2D eigenvalue weighted by molar-refractivity contribution is 6.30. The van der Waals surface area contributed by atoms with Gasteiger partial charge in [-0.25, -0.2) is 4.98 Å². The van der Waals surface area contributed by atoms with Crippen LogP contribution in [0.1, 0.15) is 24.1 Å². The predicted octanol–water partition coefficient (Wildman–Crippen LogP) is 2.95. The summed E-state index contributed by atoms with van der Waals surface area (Å²) < 4.78 is 1.97. The number of amides is 1. The number of imidazole rings is 1. The molecule has 0 unspecified atom stereocenters. The third kappa shape index (κ3) is 4.76. The Morgan fingerprint density at radius 1 is 1.00 bits per heavy atom. The van der Waals surface area contributed by atoms with Crippen molar-refractivity contribution in [3.05, 3.63) is 71.1 Å². The minimum atomic E-state index is 0.132. The second kappa shape index (κ2) is 8.61. The molecule has 162 valence electrons. The van der Waals surface area contributed by atoms with Crippen molar-refractivity contribution >= 4 is 23.2 Å². The van der Waals surface area contributed by atoms with Crippen LogP contribution in [-0.4, -0.2) is 64.4 Å². The molecule has 1 amide bonds. The summed E-state index contributed by atoms with van der Waals surface area (Å²) in [5, 5.41) is 3.89. The van der Waals surface area contributed by atoms with Crippen LogP contribution in [0.2, 0.25) is 5.02 Å². The zero-order valence-corrected chi connectivity index (χ0v) is 18.4. The van der Waals surface area contributed by atoms with Crippen molar-refractivity contribution in [2.24, 2.45) is 0 Å². The zero-order chi connectivity index (χ0) is 21.3. The van der Waals surface area contributed by atoms with E-state index in [1.165, 1.54) is 5.56 Å². The summed E-state index contributed by atoms with van der Waals surface area (Å²) in [4.78, 5) is 21.8. The van der Waals surface area contributed by atoms with Crippen molar-refractivity contribution < 1.29 is 4.79 Å². The van der Waals surface area contributed by atoms with Gasteiger partial charge in [0.25, 0.3) is 0 Å². The number of aromatic nitrogens is 2. The molecule has 3 aromatic rings. The largest absolute Gasteiger partial charge is 0.354 e. The van der Waals surface area contributed by atoms with E-state index < -0.39 is 0 Å². The lowest BCUT2D eigenvalue weighted by Crippen LogP contribution is -2.49. The molecule has 1 saturated heterocycles. The lowest BCUT2D eigenvalue weighted by molar-refractivity contribution is -0.122. The molecule has 2 aliphatic rings. The van der Waals surface area contributed by atoms with Crippen LogP contribution < -0.4 is 5.32 Å². The van der Waals surface area contributed by atoms with Crippen molar-refractivity contribution in [3.8, 4) is 0 Å². The molecule has 2 fully saturated rings. The standard InChI is InChI=1S/C24H28ClN5O/c25-20-6-7-22-27-21(16-30(22)14-20)15-28-10-12-29(13-11-28)17-23(31)26-18-24(8-9-24)19-4-2-1-3-5-19/h1-7,14,16H,8-13,15,17-18H2,(H,26,31). The summed E-state index contributed by atoms with van der Waals surface area (Å²) in [6, 6.07) is 14.4. The van der Waals surface area contributed by atoms with Gasteiger partial charge in [-0.15, -0.1) is 0 Å². The Morgan fingerprint density at radius 3 is 2.48 bits per heavy atom. The first-order valence-electron chi connectivity index (χ1n) is 11.0. The fourth-order valence-corrected chi connectivity index (χ4v) is 4.63. The number of piperazine rings is 1. The van der Waals surface area contributed by atoms with E-state index in [0.717, 1.165) is 63.5 Å². The lowest BCUT2D eigenvalue weighted by atomic mass is 9.96. The van der Waals surface area contributed by atoms with Crippen LogP contribution in [0.25, 0.3) is 5.65 Å². The van der Waals surface area contributed by atoms with E-state index in [9.17, 15) is 4.79 Å². The normalized spacial score (nSPS) is 18.9. The van der Waals surface area contributed by atoms with Crippen molar-refractivity contribution in [3.63, 3.8) is 0 Å². The molecule has 2 aromatic heterocycles. The first-order valence-corrected chi connectivity index (χ1v) is 11.4. The Kier molecular flexibility index (Phi) is 5.69. The first kappa shape index (κ1) is 20.5. The van der Waals surface area contributed by atoms with Gasteiger partial charge < -0.3 is 9.72 Å². The molecule has 1 saturated carbocycles. The number of rotatable bonds is 7. The number of pyridine rings is 1. The van der Waals surface area contributed by atoms with Crippen LogP contribution in [-0.2, 0) is 16.8 Å². The van der Waals surface area contributed by atoms with E-state index in [0.29, 0.717) is 11.6 Å². The van der Waals surface area contributed by atoms with Crippen molar-refractivity contribution in [1.82, 2.24) is 24.5 Å². The number of benzene rings is 1. The molecule has 1 aliphatic heterocycles. The van der Waals surface area contributed by atoms with Crippen molar-refractivity contribution in [1.29, 1.82) is 0 Å². The van der Waals surface area contributed by atoms with E-state index in [4.69, 9.17) is 11.6 Å². The molecule has 0 bridgehead atoms. The summed E-state index contributed by atoms with van der Waals surface area (Å²) in [5.74, 6) is 0.132. The minimum Gasteiger partial charge on any atom is -0.354 e. The second-order valence-electron chi connectivity index (χ2n) is 8.82. The minimum absolute atomic E-state index is 0.132. The molecule has 1 aliphatic carbocycles. The molecular weight excluding hydrogens is 410 g/mol. The van der Waals surface area contributed by atoms with E-state index >= 15 is 0 Å². The third-order valence-electron chi connectivity index (χ3n) is 6.55. The van der Waals surface area contributed by atoms with Crippen LogP contribution in [0.5, 0.6) is 0 Å². The van der Waals surface area contributed by atoms with Crippen molar-refractivity contribution in [2.75, 3.05) is 39.3 Å². The number of carbonyl (C=O) groups is 1. The SMILES string of the molecule is O=C(CN1CCN(Cc2cn3cc(Cl)ccc3n2)CC1)NCC1(c2ccccc2)CC1. The van der Waals surface area contributed by atoms with E-state index in [1.54, 1.807) is 0 Å². The van der Waals surface area contributed by atoms with E-state index in [1.807, 2.05) is 35.0 Å². The van der Waals surface area contributed by atoms with Gasteiger partial charge in [0.2, 0.25) is 5.91 Å². The average Bonchev–Trinajstić information content (AvgIpc) is 3.48. The topological polar surface area (TPSA) is 52.9 Å². The lowest BCUT2D eigenvalue weighted by Gasteiger charge is -2.34. The third-order valence-corrected chi connectivity index (χ3v) is 6.77. The molecule has 1 N–H and O–H groups in total. The second-order valence-corrected chi connectivity index (χ2v) is 9.26. The Hall–Kier alpha value is -2.41. The van der Waals surface area contributed by atoms with Gasteiger partial charge in [0, 0.05) is 57.1 Å². The molecule has 6 nitrogen and oxygen atoms in total. The molecule has 31 heavy (non-hydrogen) atoms. The molecule has 0 atom stereocenters. The van der Waals surface area contributed by atoms with Gasteiger partial charge in [0.1, 0.15) is 5.65 Å². The Bertz CT molecular complexity index is 1050. The molecule has 1 aromatic carbocycles. The van der Waals surface area contributed by atoms with Crippen LogP contribution in [0, 0.1) is 0 Å². The fraction of sp³-hybridized carbons (Fsp3) is 0.417. The van der Waals surface area contributed by atoms with E-state index in [2.05, 4.69) is 44.4 Å². The van der Waals surface area contributed by atoms with Gasteiger partial charge in [0.15, 0.2) is 0 Å².